The maximum Gasteiger partial charge on any atom is 0.00887 e. The lowest BCUT2D eigenvalue weighted by atomic mass is 9.91. The fourth-order valence-electron chi connectivity index (χ4n) is 2.28. The molecule has 0 amide bonds. The van der Waals surface area contributed by atoms with Crippen LogP contribution in [0.3, 0.4) is 0 Å². The van der Waals surface area contributed by atoms with E-state index in [0.717, 1.165) is 18.8 Å². The number of unbranched alkanes of at least 4 members (excludes halogenated alkanes) is 1. The van der Waals surface area contributed by atoms with Crippen molar-refractivity contribution in [1.82, 2.24) is 4.90 Å². The minimum absolute atomic E-state index is 0.983. The van der Waals surface area contributed by atoms with Crippen LogP contribution in [0.5, 0.6) is 0 Å². The highest BCUT2D eigenvalue weighted by Crippen LogP contribution is 2.21. The Balaban J connectivity index is 2.03. The molecule has 1 heteroatoms. The van der Waals surface area contributed by atoms with Gasteiger partial charge in [-0.2, -0.15) is 0 Å². The van der Waals surface area contributed by atoms with Gasteiger partial charge in [-0.3, -0.25) is 0 Å². The molecular weight excluding hydrogens is 182 g/mol. The minimum atomic E-state index is 0.983. The maximum atomic E-state index is 3.23. The highest BCUT2D eigenvalue weighted by Gasteiger charge is 2.16. The normalized spacial score (nSPS) is 18.5. The van der Waals surface area contributed by atoms with Crippen molar-refractivity contribution in [3.63, 3.8) is 0 Å². The van der Waals surface area contributed by atoms with E-state index in [2.05, 4.69) is 30.6 Å². The first-order valence-electron chi connectivity index (χ1n) is 6.54. The molecule has 15 heavy (non-hydrogen) atoms. The zero-order valence-corrected chi connectivity index (χ0v) is 10.4. The molecule has 1 rings (SSSR count). The first-order valence-corrected chi connectivity index (χ1v) is 6.54. The van der Waals surface area contributed by atoms with Gasteiger partial charge >= 0.3 is 0 Å². The van der Waals surface area contributed by atoms with Gasteiger partial charge in [-0.1, -0.05) is 13.8 Å². The Bertz CT molecular complexity index is 203. The summed E-state index contributed by atoms with van der Waals surface area (Å²) in [4.78, 5) is 2.56. The van der Waals surface area contributed by atoms with Crippen molar-refractivity contribution in [2.24, 2.45) is 5.92 Å². The van der Waals surface area contributed by atoms with Gasteiger partial charge in [-0.05, 0) is 51.2 Å². The number of hydrogen-bond acceptors (Lipinski definition) is 1. The summed E-state index contributed by atoms with van der Waals surface area (Å²) in [5.74, 6) is 7.36. The summed E-state index contributed by atoms with van der Waals surface area (Å²) in [5.41, 5.74) is 0. The summed E-state index contributed by atoms with van der Waals surface area (Å²) in [6, 6.07) is 0. The van der Waals surface area contributed by atoms with Gasteiger partial charge in [0.2, 0.25) is 0 Å². The molecule has 1 aliphatic rings. The first-order chi connectivity index (χ1) is 7.36. The molecule has 0 radical (unpaired) electrons. The molecule has 0 aromatic rings. The van der Waals surface area contributed by atoms with Crippen LogP contribution < -0.4 is 0 Å². The zero-order chi connectivity index (χ0) is 10.9. The van der Waals surface area contributed by atoms with E-state index < -0.39 is 0 Å². The zero-order valence-electron chi connectivity index (χ0n) is 10.4. The summed E-state index contributed by atoms with van der Waals surface area (Å²) in [6.07, 6.45) is 7.65. The summed E-state index contributed by atoms with van der Waals surface area (Å²) < 4.78 is 0. The molecule has 0 aromatic carbocycles. The van der Waals surface area contributed by atoms with E-state index in [0.29, 0.717) is 0 Å². The summed E-state index contributed by atoms with van der Waals surface area (Å²) in [5, 5.41) is 0. The highest BCUT2D eigenvalue weighted by atomic mass is 15.1. The van der Waals surface area contributed by atoms with E-state index >= 15 is 0 Å². The van der Waals surface area contributed by atoms with Crippen molar-refractivity contribution < 1.29 is 0 Å². The van der Waals surface area contributed by atoms with Crippen LogP contribution in [0.2, 0.25) is 0 Å². The molecule has 0 N–H and O–H groups in total. The molecule has 0 atom stereocenters. The minimum Gasteiger partial charge on any atom is -0.304 e. The predicted octanol–water partition coefficient (Wildman–Crippen LogP) is 3.30. The lowest BCUT2D eigenvalue weighted by Gasteiger charge is -2.30. The average molecular weight is 207 g/mol. The molecular formula is C14H25N. The maximum absolute atomic E-state index is 3.23. The van der Waals surface area contributed by atoms with E-state index in [-0.39, 0.29) is 0 Å². The molecule has 0 aromatic heterocycles. The molecule has 86 valence electrons. The Kier molecular flexibility index (Phi) is 6.52. The molecule has 0 aliphatic carbocycles. The van der Waals surface area contributed by atoms with Crippen LogP contribution in [0.4, 0.5) is 0 Å². The molecule has 1 saturated heterocycles. The second kappa shape index (κ2) is 7.77. The topological polar surface area (TPSA) is 3.24 Å². The third kappa shape index (κ3) is 5.23. The van der Waals surface area contributed by atoms with E-state index in [1.165, 1.54) is 45.3 Å². The van der Waals surface area contributed by atoms with Gasteiger partial charge in [0.05, 0.1) is 0 Å². The van der Waals surface area contributed by atoms with Crippen LogP contribution in [0.25, 0.3) is 0 Å². The van der Waals surface area contributed by atoms with Gasteiger partial charge in [-0.25, -0.2) is 0 Å². The number of likely N-dealkylation sites (tertiary alicyclic amines) is 1. The van der Waals surface area contributed by atoms with Gasteiger partial charge in [0.15, 0.2) is 0 Å². The standard InChI is InChI=1S/C14H25N/c1-3-5-6-7-8-9-14-10-12-15(4-2)13-11-14/h14H,3-4,7-13H2,1-2H3. The van der Waals surface area contributed by atoms with Crippen molar-refractivity contribution >= 4 is 0 Å². The van der Waals surface area contributed by atoms with Gasteiger partial charge in [0.25, 0.3) is 0 Å². The van der Waals surface area contributed by atoms with Crippen molar-refractivity contribution in [2.45, 2.75) is 52.4 Å². The third-order valence-electron chi connectivity index (χ3n) is 3.37. The van der Waals surface area contributed by atoms with Crippen molar-refractivity contribution in [3.8, 4) is 11.8 Å². The molecule has 1 heterocycles. The van der Waals surface area contributed by atoms with Crippen LogP contribution in [-0.2, 0) is 0 Å². The molecule has 0 spiro atoms. The monoisotopic (exact) mass is 207 g/mol. The Morgan fingerprint density at radius 3 is 2.47 bits per heavy atom. The van der Waals surface area contributed by atoms with Crippen molar-refractivity contribution in [1.29, 1.82) is 0 Å². The van der Waals surface area contributed by atoms with Crippen LogP contribution in [-0.4, -0.2) is 24.5 Å². The van der Waals surface area contributed by atoms with E-state index in [9.17, 15) is 0 Å². The van der Waals surface area contributed by atoms with Crippen LogP contribution in [0.15, 0.2) is 0 Å². The van der Waals surface area contributed by atoms with Gasteiger partial charge in [0.1, 0.15) is 0 Å². The summed E-state index contributed by atoms with van der Waals surface area (Å²) in [6.45, 7) is 8.26. The first kappa shape index (κ1) is 12.6. The fraction of sp³-hybridized carbons (Fsp3) is 0.857. The largest absolute Gasteiger partial charge is 0.304 e. The van der Waals surface area contributed by atoms with Gasteiger partial charge < -0.3 is 4.90 Å². The summed E-state index contributed by atoms with van der Waals surface area (Å²) in [7, 11) is 0. The highest BCUT2D eigenvalue weighted by molar-refractivity contribution is 4.97. The molecule has 1 nitrogen and oxygen atoms in total. The van der Waals surface area contributed by atoms with Crippen LogP contribution in [0, 0.1) is 17.8 Å². The Hall–Kier alpha value is -0.480. The second-order valence-corrected chi connectivity index (χ2v) is 4.48. The van der Waals surface area contributed by atoms with E-state index in [4.69, 9.17) is 0 Å². The molecule has 1 aliphatic heterocycles. The lowest BCUT2D eigenvalue weighted by molar-refractivity contribution is 0.185. The van der Waals surface area contributed by atoms with Crippen molar-refractivity contribution in [2.75, 3.05) is 19.6 Å². The third-order valence-corrected chi connectivity index (χ3v) is 3.37. The van der Waals surface area contributed by atoms with Crippen molar-refractivity contribution in [3.05, 3.63) is 0 Å². The van der Waals surface area contributed by atoms with Crippen LogP contribution in [0.1, 0.15) is 52.4 Å². The van der Waals surface area contributed by atoms with Gasteiger partial charge in [0, 0.05) is 12.8 Å². The van der Waals surface area contributed by atoms with E-state index in [1.54, 1.807) is 0 Å². The van der Waals surface area contributed by atoms with E-state index in [1.807, 2.05) is 0 Å². The smallest absolute Gasteiger partial charge is 0.00887 e. The quantitative estimate of drug-likeness (QED) is 0.505. The lowest BCUT2D eigenvalue weighted by Crippen LogP contribution is -2.33. The number of rotatable bonds is 4. The number of hydrogen-bond donors (Lipinski definition) is 0. The SMILES string of the molecule is CCC#CCCCC1CCN(CC)CC1. The predicted molar refractivity (Wildman–Crippen MR) is 66.8 cm³/mol. The Morgan fingerprint density at radius 1 is 1.13 bits per heavy atom. The van der Waals surface area contributed by atoms with Gasteiger partial charge in [-0.15, -0.1) is 11.8 Å². The number of nitrogens with zero attached hydrogens (tertiary/aromatic N) is 1. The average Bonchev–Trinajstić information content (AvgIpc) is 2.30. The molecule has 0 bridgehead atoms. The van der Waals surface area contributed by atoms with Crippen LogP contribution >= 0.6 is 0 Å². The Morgan fingerprint density at radius 2 is 1.87 bits per heavy atom. The summed E-state index contributed by atoms with van der Waals surface area (Å²) >= 11 is 0. The molecule has 0 saturated carbocycles. The molecule has 1 fully saturated rings. The Labute approximate surface area is 95.2 Å². The second-order valence-electron chi connectivity index (χ2n) is 4.48. The number of piperidine rings is 1. The molecule has 0 unspecified atom stereocenters. The fourth-order valence-corrected chi connectivity index (χ4v) is 2.28.